The van der Waals surface area contributed by atoms with Gasteiger partial charge in [0.2, 0.25) is 0 Å². The number of anilines is 1. The number of carbonyl (C=O) groups is 2. The Balaban J connectivity index is 1.95. The van der Waals surface area contributed by atoms with E-state index in [1.165, 1.54) is 17.4 Å². The molecule has 0 fully saturated rings. The SMILES string of the molecule is Cc1cccc(C(=O)OCC(=O)Nc2sccc2C#N)c1O. The number of nitrogens with zero attached hydrogens (tertiary/aromatic N) is 1. The number of nitriles is 1. The van der Waals surface area contributed by atoms with E-state index in [2.05, 4.69) is 5.32 Å². The van der Waals surface area contributed by atoms with Crippen LogP contribution in [0.15, 0.2) is 29.6 Å². The monoisotopic (exact) mass is 316 g/mol. The van der Waals surface area contributed by atoms with Crippen molar-refractivity contribution >= 4 is 28.2 Å². The highest BCUT2D eigenvalue weighted by molar-refractivity contribution is 7.14. The van der Waals surface area contributed by atoms with Gasteiger partial charge in [-0.05, 0) is 30.0 Å². The number of ether oxygens (including phenoxy) is 1. The average Bonchev–Trinajstić information content (AvgIpc) is 2.94. The number of carbonyl (C=O) groups excluding carboxylic acids is 2. The zero-order valence-electron chi connectivity index (χ0n) is 11.6. The lowest BCUT2D eigenvalue weighted by Gasteiger charge is -2.08. The minimum absolute atomic E-state index is 0.00152. The molecule has 0 saturated heterocycles. The highest BCUT2D eigenvalue weighted by Gasteiger charge is 2.16. The van der Waals surface area contributed by atoms with Crippen LogP contribution in [-0.4, -0.2) is 23.6 Å². The van der Waals surface area contributed by atoms with Crippen molar-refractivity contribution in [2.45, 2.75) is 6.92 Å². The molecule has 0 saturated carbocycles. The summed E-state index contributed by atoms with van der Waals surface area (Å²) in [6.07, 6.45) is 0. The highest BCUT2D eigenvalue weighted by atomic mass is 32.1. The van der Waals surface area contributed by atoms with Crippen molar-refractivity contribution in [3.8, 4) is 11.8 Å². The summed E-state index contributed by atoms with van der Waals surface area (Å²) >= 11 is 1.20. The van der Waals surface area contributed by atoms with Crippen LogP contribution in [0, 0.1) is 18.3 Å². The molecule has 1 aromatic carbocycles. The Bertz CT molecular complexity index is 761. The zero-order valence-corrected chi connectivity index (χ0v) is 12.4. The first-order chi connectivity index (χ1) is 10.5. The van der Waals surface area contributed by atoms with Gasteiger partial charge in [-0.3, -0.25) is 4.79 Å². The first-order valence-electron chi connectivity index (χ1n) is 6.26. The van der Waals surface area contributed by atoms with E-state index in [-0.39, 0.29) is 11.3 Å². The van der Waals surface area contributed by atoms with Crippen LogP contribution in [0.3, 0.4) is 0 Å². The Morgan fingerprint density at radius 1 is 1.41 bits per heavy atom. The molecule has 6 nitrogen and oxygen atoms in total. The van der Waals surface area contributed by atoms with Gasteiger partial charge in [-0.15, -0.1) is 11.3 Å². The van der Waals surface area contributed by atoms with Gasteiger partial charge in [-0.1, -0.05) is 12.1 Å². The first-order valence-corrected chi connectivity index (χ1v) is 7.14. The number of hydrogen-bond acceptors (Lipinski definition) is 6. The second kappa shape index (κ2) is 6.74. The Hall–Kier alpha value is -2.85. The van der Waals surface area contributed by atoms with Crippen molar-refractivity contribution in [1.29, 1.82) is 5.26 Å². The summed E-state index contributed by atoms with van der Waals surface area (Å²) in [6, 6.07) is 8.19. The molecule has 2 rings (SSSR count). The van der Waals surface area contributed by atoms with Crippen molar-refractivity contribution in [2.75, 3.05) is 11.9 Å². The van der Waals surface area contributed by atoms with E-state index in [1.54, 1.807) is 30.5 Å². The lowest BCUT2D eigenvalue weighted by Crippen LogP contribution is -2.20. The third kappa shape index (κ3) is 3.42. The van der Waals surface area contributed by atoms with Gasteiger partial charge in [-0.25, -0.2) is 4.79 Å². The number of esters is 1. The summed E-state index contributed by atoms with van der Waals surface area (Å²) in [5.74, 6) is -1.51. The van der Waals surface area contributed by atoms with E-state index in [0.717, 1.165) is 0 Å². The van der Waals surface area contributed by atoms with Crippen LogP contribution in [0.5, 0.6) is 5.75 Å². The van der Waals surface area contributed by atoms with Crippen molar-refractivity contribution in [1.82, 2.24) is 0 Å². The number of amides is 1. The molecule has 1 aromatic heterocycles. The molecule has 0 aliphatic carbocycles. The van der Waals surface area contributed by atoms with Gasteiger partial charge in [0.1, 0.15) is 22.4 Å². The average molecular weight is 316 g/mol. The summed E-state index contributed by atoms with van der Waals surface area (Å²) in [7, 11) is 0. The number of aryl methyl sites for hydroxylation is 1. The van der Waals surface area contributed by atoms with Crippen LogP contribution in [-0.2, 0) is 9.53 Å². The molecule has 2 N–H and O–H groups in total. The molecule has 7 heteroatoms. The van der Waals surface area contributed by atoms with Gasteiger partial charge in [0.25, 0.3) is 5.91 Å². The molecule has 0 spiro atoms. The van der Waals surface area contributed by atoms with E-state index >= 15 is 0 Å². The van der Waals surface area contributed by atoms with E-state index in [0.29, 0.717) is 16.1 Å². The van der Waals surface area contributed by atoms with Crippen molar-refractivity contribution < 1.29 is 19.4 Å². The largest absolute Gasteiger partial charge is 0.507 e. The Kier molecular flexibility index (Phi) is 4.76. The maximum Gasteiger partial charge on any atom is 0.342 e. The van der Waals surface area contributed by atoms with Gasteiger partial charge in [0.15, 0.2) is 6.61 Å². The molecular formula is C15H12N2O4S. The van der Waals surface area contributed by atoms with E-state index in [4.69, 9.17) is 10.00 Å². The summed E-state index contributed by atoms with van der Waals surface area (Å²) in [5.41, 5.74) is 0.888. The molecule has 2 aromatic rings. The fourth-order valence-corrected chi connectivity index (χ4v) is 2.44. The summed E-state index contributed by atoms with van der Waals surface area (Å²) in [4.78, 5) is 23.5. The molecule has 112 valence electrons. The summed E-state index contributed by atoms with van der Waals surface area (Å²) < 4.78 is 4.86. The molecule has 22 heavy (non-hydrogen) atoms. The van der Waals surface area contributed by atoms with Crippen molar-refractivity contribution in [3.63, 3.8) is 0 Å². The number of phenolic OH excluding ortho intramolecular Hbond substituents is 1. The molecule has 0 aliphatic rings. The standard InChI is InChI=1S/C15H12N2O4S/c1-9-3-2-4-11(13(9)19)15(20)21-8-12(18)17-14-10(7-16)5-6-22-14/h2-6,19H,8H2,1H3,(H,17,18). The summed E-state index contributed by atoms with van der Waals surface area (Å²) in [6.45, 7) is 1.15. The maximum absolute atomic E-state index is 11.8. The fourth-order valence-electron chi connectivity index (χ4n) is 1.69. The number of rotatable bonds is 4. The minimum Gasteiger partial charge on any atom is -0.507 e. The van der Waals surface area contributed by atoms with Crippen LogP contribution in [0.1, 0.15) is 21.5 Å². The Labute approximate surface area is 130 Å². The molecule has 0 aliphatic heterocycles. The predicted octanol–water partition coefficient (Wildman–Crippen LogP) is 2.43. The molecule has 0 atom stereocenters. The number of phenols is 1. The van der Waals surface area contributed by atoms with E-state index < -0.39 is 18.5 Å². The molecule has 1 heterocycles. The number of nitrogens with one attached hydrogen (secondary N) is 1. The number of para-hydroxylation sites is 1. The molecule has 1 amide bonds. The zero-order chi connectivity index (χ0) is 16.1. The van der Waals surface area contributed by atoms with Gasteiger partial charge in [0, 0.05) is 0 Å². The molecule has 0 bridgehead atoms. The smallest absolute Gasteiger partial charge is 0.342 e. The normalized spacial score (nSPS) is 9.82. The topological polar surface area (TPSA) is 99.4 Å². The van der Waals surface area contributed by atoms with E-state index in [1.807, 2.05) is 6.07 Å². The minimum atomic E-state index is -0.789. The van der Waals surface area contributed by atoms with Gasteiger partial charge in [0.05, 0.1) is 5.56 Å². The maximum atomic E-state index is 11.8. The van der Waals surface area contributed by atoms with Crippen LogP contribution in [0.25, 0.3) is 0 Å². The lowest BCUT2D eigenvalue weighted by molar-refractivity contribution is -0.119. The lowest BCUT2D eigenvalue weighted by atomic mass is 10.1. The van der Waals surface area contributed by atoms with Crippen LogP contribution >= 0.6 is 11.3 Å². The van der Waals surface area contributed by atoms with Gasteiger partial charge in [-0.2, -0.15) is 5.26 Å². The number of benzene rings is 1. The Morgan fingerprint density at radius 3 is 2.91 bits per heavy atom. The fraction of sp³-hybridized carbons (Fsp3) is 0.133. The van der Waals surface area contributed by atoms with Gasteiger partial charge >= 0.3 is 5.97 Å². The Morgan fingerprint density at radius 2 is 2.18 bits per heavy atom. The van der Waals surface area contributed by atoms with Crippen LogP contribution in [0.2, 0.25) is 0 Å². The van der Waals surface area contributed by atoms with Crippen molar-refractivity contribution in [3.05, 3.63) is 46.3 Å². The first kappa shape index (κ1) is 15.5. The number of aromatic hydroxyl groups is 1. The third-order valence-corrected chi connectivity index (χ3v) is 3.66. The number of thiophene rings is 1. The van der Waals surface area contributed by atoms with Gasteiger partial charge < -0.3 is 15.2 Å². The van der Waals surface area contributed by atoms with Crippen LogP contribution in [0.4, 0.5) is 5.00 Å². The summed E-state index contributed by atoms with van der Waals surface area (Å²) in [5, 5.41) is 23.2. The molecule has 0 unspecified atom stereocenters. The molecule has 0 radical (unpaired) electrons. The second-order valence-electron chi connectivity index (χ2n) is 4.37. The van der Waals surface area contributed by atoms with Crippen molar-refractivity contribution in [2.24, 2.45) is 0 Å². The third-order valence-electron chi connectivity index (χ3n) is 2.83. The second-order valence-corrected chi connectivity index (χ2v) is 5.29. The quantitative estimate of drug-likeness (QED) is 0.844. The predicted molar refractivity (Wildman–Crippen MR) is 80.8 cm³/mol. The van der Waals surface area contributed by atoms with Crippen LogP contribution < -0.4 is 5.32 Å². The highest BCUT2D eigenvalue weighted by Crippen LogP contribution is 2.23. The number of hydrogen-bond donors (Lipinski definition) is 2. The van der Waals surface area contributed by atoms with E-state index in [9.17, 15) is 14.7 Å². The molecular weight excluding hydrogens is 304 g/mol.